The molecule has 0 bridgehead atoms. The summed E-state index contributed by atoms with van der Waals surface area (Å²) in [5, 5.41) is 1.45. The third-order valence-electron chi connectivity index (χ3n) is 2.78. The molecule has 70 valence electrons. The van der Waals surface area contributed by atoms with E-state index in [1.165, 1.54) is 31.2 Å². The van der Waals surface area contributed by atoms with Crippen LogP contribution in [0.15, 0.2) is 18.2 Å². The molecule has 1 aliphatic carbocycles. The van der Waals surface area contributed by atoms with Crippen LogP contribution in [0.3, 0.4) is 0 Å². The Morgan fingerprint density at radius 3 is 2.46 bits per heavy atom. The predicted octanol–water partition coefficient (Wildman–Crippen LogP) is 4.65. The van der Waals surface area contributed by atoms with Crippen molar-refractivity contribution in [2.24, 2.45) is 0 Å². The summed E-state index contributed by atoms with van der Waals surface area (Å²) in [5.41, 5.74) is 1.24. The molecule has 0 aromatic heterocycles. The topological polar surface area (TPSA) is 0 Å². The second-order valence-corrected chi connectivity index (χ2v) is 4.41. The molecule has 1 fully saturated rings. The summed E-state index contributed by atoms with van der Waals surface area (Å²) >= 11 is 12.1. The van der Waals surface area contributed by atoms with E-state index in [-0.39, 0.29) is 0 Å². The van der Waals surface area contributed by atoms with Crippen molar-refractivity contribution in [3.63, 3.8) is 0 Å². The van der Waals surface area contributed by atoms with Crippen molar-refractivity contribution in [2.45, 2.75) is 31.6 Å². The molecular formula is C11H12Cl2. The van der Waals surface area contributed by atoms with Gasteiger partial charge < -0.3 is 0 Å². The van der Waals surface area contributed by atoms with Crippen LogP contribution in [-0.4, -0.2) is 0 Å². The largest absolute Gasteiger partial charge is 0.0827 e. The summed E-state index contributed by atoms with van der Waals surface area (Å²) in [4.78, 5) is 0. The minimum Gasteiger partial charge on any atom is -0.0827 e. The zero-order chi connectivity index (χ0) is 9.26. The third-order valence-corrected chi connectivity index (χ3v) is 3.61. The second-order valence-electron chi connectivity index (χ2n) is 3.62. The number of hydrogen-bond donors (Lipinski definition) is 0. The first-order valence-corrected chi connectivity index (χ1v) is 5.48. The van der Waals surface area contributed by atoms with Crippen LogP contribution in [-0.2, 0) is 0 Å². The summed E-state index contributed by atoms with van der Waals surface area (Å²) in [6, 6.07) is 5.94. The Balaban J connectivity index is 2.33. The normalized spacial score (nSPS) is 18.0. The molecule has 0 aliphatic heterocycles. The SMILES string of the molecule is Clc1cccc(C2CCCC2)c1Cl. The van der Waals surface area contributed by atoms with Gasteiger partial charge in [0.2, 0.25) is 0 Å². The average Bonchev–Trinajstić information content (AvgIpc) is 2.62. The van der Waals surface area contributed by atoms with Crippen LogP contribution in [0.25, 0.3) is 0 Å². The molecular weight excluding hydrogens is 203 g/mol. The van der Waals surface area contributed by atoms with E-state index in [1.54, 1.807) is 0 Å². The van der Waals surface area contributed by atoms with Crippen LogP contribution < -0.4 is 0 Å². The van der Waals surface area contributed by atoms with E-state index in [1.807, 2.05) is 12.1 Å². The lowest BCUT2D eigenvalue weighted by molar-refractivity contribution is 0.723. The fraction of sp³-hybridized carbons (Fsp3) is 0.455. The van der Waals surface area contributed by atoms with Gasteiger partial charge in [0, 0.05) is 0 Å². The van der Waals surface area contributed by atoms with Crippen LogP contribution in [0.4, 0.5) is 0 Å². The number of hydrogen-bond acceptors (Lipinski definition) is 0. The lowest BCUT2D eigenvalue weighted by Gasteiger charge is -2.11. The van der Waals surface area contributed by atoms with E-state index < -0.39 is 0 Å². The second kappa shape index (κ2) is 3.89. The van der Waals surface area contributed by atoms with Gasteiger partial charge in [-0.15, -0.1) is 0 Å². The molecule has 0 heterocycles. The molecule has 1 aromatic carbocycles. The van der Waals surface area contributed by atoms with Gasteiger partial charge in [-0.25, -0.2) is 0 Å². The molecule has 13 heavy (non-hydrogen) atoms. The highest BCUT2D eigenvalue weighted by atomic mass is 35.5. The minimum atomic E-state index is 0.645. The highest BCUT2D eigenvalue weighted by Crippen LogP contribution is 2.39. The Morgan fingerprint density at radius 2 is 1.77 bits per heavy atom. The summed E-state index contributed by atoms with van der Waals surface area (Å²) in [6.45, 7) is 0. The highest BCUT2D eigenvalue weighted by molar-refractivity contribution is 6.42. The highest BCUT2D eigenvalue weighted by Gasteiger charge is 2.19. The zero-order valence-corrected chi connectivity index (χ0v) is 8.91. The number of benzene rings is 1. The van der Waals surface area contributed by atoms with Gasteiger partial charge in [0.15, 0.2) is 0 Å². The maximum absolute atomic E-state index is 6.14. The summed E-state index contributed by atoms with van der Waals surface area (Å²) in [5.74, 6) is 0.645. The Kier molecular flexibility index (Phi) is 2.80. The lowest BCUT2D eigenvalue weighted by Crippen LogP contribution is -1.93. The molecule has 0 unspecified atom stereocenters. The van der Waals surface area contributed by atoms with Crippen molar-refractivity contribution in [3.8, 4) is 0 Å². The number of halogens is 2. The van der Waals surface area contributed by atoms with Gasteiger partial charge in [-0.05, 0) is 30.4 Å². The first kappa shape index (κ1) is 9.36. The van der Waals surface area contributed by atoms with Gasteiger partial charge in [0.05, 0.1) is 10.0 Å². The molecule has 2 heteroatoms. The molecule has 0 N–H and O–H groups in total. The van der Waals surface area contributed by atoms with E-state index in [0.29, 0.717) is 10.9 Å². The van der Waals surface area contributed by atoms with E-state index in [4.69, 9.17) is 23.2 Å². The van der Waals surface area contributed by atoms with E-state index in [9.17, 15) is 0 Å². The Morgan fingerprint density at radius 1 is 1.08 bits per heavy atom. The monoisotopic (exact) mass is 214 g/mol. The quantitative estimate of drug-likeness (QED) is 0.639. The Hall–Kier alpha value is -0.200. The smallest absolute Gasteiger partial charge is 0.0627 e. The van der Waals surface area contributed by atoms with Crippen molar-refractivity contribution < 1.29 is 0 Å². The van der Waals surface area contributed by atoms with Crippen LogP contribution >= 0.6 is 23.2 Å². The Labute approximate surface area is 88.9 Å². The van der Waals surface area contributed by atoms with Crippen LogP contribution in [0.2, 0.25) is 10.0 Å². The zero-order valence-electron chi connectivity index (χ0n) is 7.39. The first-order valence-electron chi connectivity index (χ1n) is 4.73. The summed E-state index contributed by atoms with van der Waals surface area (Å²) in [7, 11) is 0. The van der Waals surface area contributed by atoms with E-state index in [0.717, 1.165) is 5.02 Å². The van der Waals surface area contributed by atoms with E-state index >= 15 is 0 Å². The Bertz CT molecular complexity index is 301. The molecule has 2 rings (SSSR count). The molecule has 0 atom stereocenters. The molecule has 1 aromatic rings. The molecule has 0 radical (unpaired) electrons. The molecule has 1 saturated carbocycles. The lowest BCUT2D eigenvalue weighted by atomic mass is 9.98. The summed E-state index contributed by atoms with van der Waals surface area (Å²) < 4.78 is 0. The molecule has 0 saturated heterocycles. The fourth-order valence-electron chi connectivity index (χ4n) is 2.07. The van der Waals surface area contributed by atoms with Crippen LogP contribution in [0.5, 0.6) is 0 Å². The van der Waals surface area contributed by atoms with Crippen molar-refractivity contribution in [2.75, 3.05) is 0 Å². The molecule has 1 aliphatic rings. The van der Waals surface area contributed by atoms with Crippen LogP contribution in [0, 0.1) is 0 Å². The van der Waals surface area contributed by atoms with Crippen molar-refractivity contribution in [1.82, 2.24) is 0 Å². The van der Waals surface area contributed by atoms with Crippen molar-refractivity contribution in [3.05, 3.63) is 33.8 Å². The van der Waals surface area contributed by atoms with Gasteiger partial charge in [0.25, 0.3) is 0 Å². The maximum atomic E-state index is 6.14. The maximum Gasteiger partial charge on any atom is 0.0627 e. The predicted molar refractivity (Wildman–Crippen MR) is 57.7 cm³/mol. The van der Waals surface area contributed by atoms with Gasteiger partial charge in [-0.3, -0.25) is 0 Å². The van der Waals surface area contributed by atoms with Crippen molar-refractivity contribution >= 4 is 23.2 Å². The van der Waals surface area contributed by atoms with Gasteiger partial charge >= 0.3 is 0 Å². The number of rotatable bonds is 1. The minimum absolute atomic E-state index is 0.645. The molecule has 0 spiro atoms. The van der Waals surface area contributed by atoms with Crippen molar-refractivity contribution in [1.29, 1.82) is 0 Å². The van der Waals surface area contributed by atoms with Gasteiger partial charge in [0.1, 0.15) is 0 Å². The molecule has 0 amide bonds. The average molecular weight is 215 g/mol. The fourth-order valence-corrected chi connectivity index (χ4v) is 2.53. The standard InChI is InChI=1S/C11H12Cl2/c12-10-7-3-6-9(11(10)13)8-4-1-2-5-8/h3,6-8H,1-2,4-5H2. The third kappa shape index (κ3) is 1.84. The van der Waals surface area contributed by atoms with Crippen LogP contribution in [0.1, 0.15) is 37.2 Å². The summed E-state index contributed by atoms with van der Waals surface area (Å²) in [6.07, 6.45) is 5.18. The molecule has 0 nitrogen and oxygen atoms in total. The first-order chi connectivity index (χ1) is 6.29. The van der Waals surface area contributed by atoms with Gasteiger partial charge in [-0.2, -0.15) is 0 Å². The van der Waals surface area contributed by atoms with Gasteiger partial charge in [-0.1, -0.05) is 48.2 Å². The van der Waals surface area contributed by atoms with E-state index in [2.05, 4.69) is 6.07 Å².